The van der Waals surface area contributed by atoms with Crippen LogP contribution >= 0.6 is 11.3 Å². The molecule has 2 aromatic carbocycles. The largest absolute Gasteiger partial charge is 0.494 e. The number of ether oxygens (including phenoxy) is 1. The summed E-state index contributed by atoms with van der Waals surface area (Å²) in [6.07, 6.45) is 1.56. The molecule has 35 heavy (non-hydrogen) atoms. The molecule has 1 aliphatic rings. The van der Waals surface area contributed by atoms with E-state index in [9.17, 15) is 14.0 Å². The summed E-state index contributed by atoms with van der Waals surface area (Å²) in [6.45, 7) is 6.71. The number of carbonyl (C=O) groups is 1. The number of fused-ring (bicyclic) bond motifs is 2. The minimum atomic E-state index is -0.813. The number of nitrogens with zero attached hydrogens (tertiary/aromatic N) is 3. The highest BCUT2D eigenvalue weighted by Gasteiger charge is 2.45. The first-order chi connectivity index (χ1) is 16.9. The highest BCUT2D eigenvalue weighted by atomic mass is 32.1. The number of aromatic nitrogens is 2. The van der Waals surface area contributed by atoms with E-state index >= 15 is 0 Å². The van der Waals surface area contributed by atoms with E-state index in [4.69, 9.17) is 9.15 Å². The zero-order valence-corrected chi connectivity index (χ0v) is 20.4. The summed E-state index contributed by atoms with van der Waals surface area (Å²) >= 11 is 1.31. The monoisotopic (exact) mass is 493 g/mol. The summed E-state index contributed by atoms with van der Waals surface area (Å²) in [5.41, 5.74) is 0.519. The fourth-order valence-corrected chi connectivity index (χ4v) is 5.30. The molecule has 0 radical (unpaired) electrons. The van der Waals surface area contributed by atoms with Gasteiger partial charge < -0.3 is 9.15 Å². The average molecular weight is 494 g/mol. The van der Waals surface area contributed by atoms with Crippen LogP contribution in [0.15, 0.2) is 51.7 Å². The van der Waals surface area contributed by atoms with Gasteiger partial charge in [0.15, 0.2) is 5.43 Å². The van der Waals surface area contributed by atoms with Crippen molar-refractivity contribution in [3.63, 3.8) is 0 Å². The van der Waals surface area contributed by atoms with Crippen molar-refractivity contribution in [2.45, 2.75) is 39.7 Å². The van der Waals surface area contributed by atoms with Crippen molar-refractivity contribution >= 4 is 33.3 Å². The Labute approximate surface area is 205 Å². The SMILES string of the molecule is CCCOc1cccc(C2c3c(oc4ccc(F)cc4c3=O)C(=O)N2c2nnc(CC(C)C)s2)c1. The number of anilines is 1. The van der Waals surface area contributed by atoms with Crippen molar-refractivity contribution in [1.29, 1.82) is 0 Å². The van der Waals surface area contributed by atoms with Gasteiger partial charge in [0.25, 0.3) is 5.91 Å². The van der Waals surface area contributed by atoms with Crippen molar-refractivity contribution in [2.24, 2.45) is 5.92 Å². The van der Waals surface area contributed by atoms with Crippen molar-refractivity contribution in [1.82, 2.24) is 10.2 Å². The van der Waals surface area contributed by atoms with E-state index in [0.29, 0.717) is 29.0 Å². The molecule has 1 atom stereocenters. The van der Waals surface area contributed by atoms with Gasteiger partial charge in [0.2, 0.25) is 10.9 Å². The lowest BCUT2D eigenvalue weighted by Crippen LogP contribution is -2.29. The van der Waals surface area contributed by atoms with Crippen LogP contribution in [-0.4, -0.2) is 22.7 Å². The predicted molar refractivity (Wildman–Crippen MR) is 132 cm³/mol. The highest BCUT2D eigenvalue weighted by Crippen LogP contribution is 2.43. The lowest BCUT2D eigenvalue weighted by atomic mass is 9.98. The van der Waals surface area contributed by atoms with E-state index in [1.807, 2.05) is 25.1 Å². The van der Waals surface area contributed by atoms with Crippen molar-refractivity contribution in [2.75, 3.05) is 11.5 Å². The van der Waals surface area contributed by atoms with Gasteiger partial charge in [0, 0.05) is 6.42 Å². The molecule has 9 heteroatoms. The second kappa shape index (κ2) is 9.22. The topological polar surface area (TPSA) is 85.5 Å². The molecule has 2 aromatic heterocycles. The molecule has 0 saturated carbocycles. The zero-order chi connectivity index (χ0) is 24.7. The van der Waals surface area contributed by atoms with Crippen LogP contribution in [0.5, 0.6) is 5.75 Å². The van der Waals surface area contributed by atoms with E-state index < -0.39 is 23.2 Å². The minimum absolute atomic E-state index is 0.0698. The van der Waals surface area contributed by atoms with E-state index in [2.05, 4.69) is 24.0 Å². The third kappa shape index (κ3) is 4.20. The Morgan fingerprint density at radius 3 is 2.77 bits per heavy atom. The standard InChI is InChI=1S/C26H24FN3O4S/c1-4-10-33-17-7-5-6-15(12-17)22-21-23(31)18-13-16(27)8-9-19(18)34-24(21)25(32)30(22)26-29-28-20(35-26)11-14(2)3/h5-9,12-14,22H,4,10-11H2,1-3H3. The van der Waals surface area contributed by atoms with E-state index in [-0.39, 0.29) is 22.3 Å². The summed E-state index contributed by atoms with van der Waals surface area (Å²) < 4.78 is 25.7. The fraction of sp³-hybridized carbons (Fsp3) is 0.308. The van der Waals surface area contributed by atoms with Crippen molar-refractivity contribution < 1.29 is 18.3 Å². The van der Waals surface area contributed by atoms with Gasteiger partial charge in [-0.3, -0.25) is 14.5 Å². The Kier molecular flexibility index (Phi) is 6.10. The maximum absolute atomic E-state index is 14.0. The van der Waals surface area contributed by atoms with E-state index in [1.165, 1.54) is 28.4 Å². The Hall–Kier alpha value is -3.59. The molecule has 1 aliphatic heterocycles. The molecule has 5 rings (SSSR count). The van der Waals surface area contributed by atoms with Gasteiger partial charge in [-0.05, 0) is 48.2 Å². The first-order valence-corrected chi connectivity index (χ1v) is 12.3. The molecule has 0 fully saturated rings. The van der Waals surface area contributed by atoms with E-state index in [1.54, 1.807) is 6.07 Å². The molecule has 1 unspecified atom stereocenters. The Balaban J connectivity index is 1.71. The Morgan fingerprint density at radius 1 is 1.17 bits per heavy atom. The molecular formula is C26H24FN3O4S. The third-order valence-electron chi connectivity index (χ3n) is 5.72. The molecule has 0 N–H and O–H groups in total. The third-order valence-corrected chi connectivity index (χ3v) is 6.67. The number of halogens is 1. The molecule has 4 aromatic rings. The molecule has 0 spiro atoms. The van der Waals surface area contributed by atoms with Gasteiger partial charge >= 0.3 is 0 Å². The lowest BCUT2D eigenvalue weighted by Gasteiger charge is -2.22. The molecule has 0 aliphatic carbocycles. The number of amides is 1. The normalized spacial score (nSPS) is 15.3. The van der Waals surface area contributed by atoms with Gasteiger partial charge in [0.05, 0.1) is 23.6 Å². The summed E-state index contributed by atoms with van der Waals surface area (Å²) in [5, 5.41) is 9.80. The lowest BCUT2D eigenvalue weighted by molar-refractivity contribution is 0.0970. The second-order valence-corrected chi connectivity index (χ2v) is 9.93. The number of benzene rings is 2. The molecule has 1 amide bonds. The van der Waals surface area contributed by atoms with Crippen molar-refractivity contribution in [3.8, 4) is 5.75 Å². The highest BCUT2D eigenvalue weighted by molar-refractivity contribution is 7.15. The molecular weight excluding hydrogens is 469 g/mol. The Bertz CT molecular complexity index is 1480. The molecule has 180 valence electrons. The molecule has 0 saturated heterocycles. The minimum Gasteiger partial charge on any atom is -0.494 e. The van der Waals surface area contributed by atoms with Crippen LogP contribution in [0.25, 0.3) is 11.0 Å². The number of carbonyl (C=O) groups excluding carboxylic acids is 1. The maximum Gasteiger partial charge on any atom is 0.297 e. The van der Waals surface area contributed by atoms with E-state index in [0.717, 1.165) is 23.9 Å². The summed E-state index contributed by atoms with van der Waals surface area (Å²) in [7, 11) is 0. The van der Waals surface area contributed by atoms with Gasteiger partial charge in [-0.15, -0.1) is 10.2 Å². The molecule has 0 bridgehead atoms. The van der Waals surface area contributed by atoms with Crippen molar-refractivity contribution in [3.05, 3.63) is 80.4 Å². The van der Waals surface area contributed by atoms with Gasteiger partial charge in [-0.1, -0.05) is 44.2 Å². The summed E-state index contributed by atoms with van der Waals surface area (Å²) in [6, 6.07) is 10.2. The van der Waals surface area contributed by atoms with Crippen LogP contribution in [0.1, 0.15) is 59.9 Å². The molecule has 7 nitrogen and oxygen atoms in total. The van der Waals surface area contributed by atoms with Gasteiger partial charge in [-0.2, -0.15) is 0 Å². The van der Waals surface area contributed by atoms with Gasteiger partial charge in [0.1, 0.15) is 22.2 Å². The van der Waals surface area contributed by atoms with Crippen LogP contribution in [0.2, 0.25) is 0 Å². The summed E-state index contributed by atoms with van der Waals surface area (Å²) in [5.74, 6) is -0.118. The second-order valence-electron chi connectivity index (χ2n) is 8.89. The molecule has 3 heterocycles. The maximum atomic E-state index is 14.0. The van der Waals surface area contributed by atoms with Crippen LogP contribution in [-0.2, 0) is 6.42 Å². The quantitative estimate of drug-likeness (QED) is 0.337. The van der Waals surface area contributed by atoms with Crippen LogP contribution < -0.4 is 15.1 Å². The predicted octanol–water partition coefficient (Wildman–Crippen LogP) is 5.52. The van der Waals surface area contributed by atoms with Gasteiger partial charge in [-0.25, -0.2) is 4.39 Å². The average Bonchev–Trinajstić information content (AvgIpc) is 3.40. The smallest absolute Gasteiger partial charge is 0.297 e. The first kappa shape index (κ1) is 23.2. The number of hydrogen-bond donors (Lipinski definition) is 0. The zero-order valence-electron chi connectivity index (χ0n) is 19.6. The van der Waals surface area contributed by atoms with Crippen LogP contribution in [0, 0.1) is 11.7 Å². The number of hydrogen-bond acceptors (Lipinski definition) is 7. The Morgan fingerprint density at radius 2 is 2.00 bits per heavy atom. The first-order valence-electron chi connectivity index (χ1n) is 11.5. The fourth-order valence-electron chi connectivity index (χ4n) is 4.23. The van der Waals surface area contributed by atoms with Crippen LogP contribution in [0.3, 0.4) is 0 Å². The van der Waals surface area contributed by atoms with Crippen LogP contribution in [0.4, 0.5) is 9.52 Å². The number of rotatable bonds is 7. The summed E-state index contributed by atoms with van der Waals surface area (Å²) in [4.78, 5) is 28.7.